The summed E-state index contributed by atoms with van der Waals surface area (Å²) in [5.41, 5.74) is -1.17. The molecule has 3 rings (SSSR count). The van der Waals surface area contributed by atoms with Crippen LogP contribution >= 0.6 is 0 Å². The van der Waals surface area contributed by atoms with Gasteiger partial charge in [0.1, 0.15) is 17.4 Å². The van der Waals surface area contributed by atoms with E-state index in [2.05, 4.69) is 15.4 Å². The zero-order valence-electron chi connectivity index (χ0n) is 23.7. The topological polar surface area (TPSA) is 53.5 Å². The van der Waals surface area contributed by atoms with Gasteiger partial charge in [-0.05, 0) is 60.3 Å². The van der Waals surface area contributed by atoms with Crippen LogP contribution in [0.2, 0.25) is 0 Å². The van der Waals surface area contributed by atoms with Crippen LogP contribution < -0.4 is 15.4 Å². The Morgan fingerprint density at radius 1 is 0.886 bits per heavy atom. The third-order valence-corrected chi connectivity index (χ3v) is 6.85. The molecule has 0 saturated carbocycles. The molecule has 1 unspecified atom stereocenters. The number of alkyl halides is 7. The van der Waals surface area contributed by atoms with Gasteiger partial charge < -0.3 is 20.5 Å². The van der Waals surface area contributed by atoms with Crippen molar-refractivity contribution in [2.24, 2.45) is 0 Å². The van der Waals surface area contributed by atoms with E-state index in [4.69, 9.17) is 0 Å². The highest BCUT2D eigenvalue weighted by atomic mass is 19.4. The Balaban J connectivity index is 2.23. The predicted octanol–water partition coefficient (Wildman–Crippen LogP) is 7.48. The van der Waals surface area contributed by atoms with Crippen molar-refractivity contribution in [2.75, 3.05) is 13.1 Å². The number of halogens is 9. The van der Waals surface area contributed by atoms with Crippen LogP contribution in [0.1, 0.15) is 48.4 Å². The van der Waals surface area contributed by atoms with Crippen molar-refractivity contribution in [1.82, 2.24) is 10.6 Å². The average Bonchev–Trinajstić information content (AvgIpc) is 2.93. The highest BCUT2D eigenvalue weighted by Crippen LogP contribution is 2.38. The first kappa shape index (κ1) is 35.2. The molecule has 242 valence electrons. The second-order valence-corrected chi connectivity index (χ2v) is 10.4. The highest BCUT2D eigenvalue weighted by Gasteiger charge is 2.45. The Hall–Kier alpha value is -3.29. The van der Waals surface area contributed by atoms with Gasteiger partial charge in [0.15, 0.2) is 0 Å². The van der Waals surface area contributed by atoms with E-state index < -0.39 is 60.7 Å². The molecule has 44 heavy (non-hydrogen) atoms. The molecule has 0 heterocycles. The quantitative estimate of drug-likeness (QED) is 0.113. The van der Waals surface area contributed by atoms with E-state index >= 15 is 0 Å². The maximum atomic E-state index is 15.0. The van der Waals surface area contributed by atoms with Gasteiger partial charge in [-0.15, -0.1) is 0 Å². The van der Waals surface area contributed by atoms with Crippen LogP contribution in [0.25, 0.3) is 0 Å². The van der Waals surface area contributed by atoms with Crippen LogP contribution in [0.3, 0.4) is 0 Å². The van der Waals surface area contributed by atoms with E-state index in [1.807, 2.05) is 6.92 Å². The molecule has 0 spiro atoms. The second kappa shape index (κ2) is 15.1. The smallest absolute Gasteiger partial charge is 0.428 e. The second-order valence-electron chi connectivity index (χ2n) is 10.4. The van der Waals surface area contributed by atoms with Gasteiger partial charge in [0.05, 0.1) is 18.1 Å². The lowest BCUT2D eigenvalue weighted by atomic mass is 9.77. The summed E-state index contributed by atoms with van der Waals surface area (Å²) in [5.74, 6) is -2.78. The van der Waals surface area contributed by atoms with E-state index in [0.717, 1.165) is 31.0 Å². The van der Waals surface area contributed by atoms with E-state index in [1.54, 1.807) is 30.3 Å². The normalized spacial score (nSPS) is 14.5. The van der Waals surface area contributed by atoms with Gasteiger partial charge in [-0.25, -0.2) is 8.78 Å². The Morgan fingerprint density at radius 2 is 1.59 bits per heavy atom. The first-order valence-corrected chi connectivity index (χ1v) is 13.8. The number of hydrogen-bond acceptors (Lipinski definition) is 4. The van der Waals surface area contributed by atoms with E-state index in [-0.39, 0.29) is 29.7 Å². The average molecular weight is 637 g/mol. The van der Waals surface area contributed by atoms with Gasteiger partial charge in [0.25, 0.3) is 0 Å². The molecule has 0 radical (unpaired) electrons. The van der Waals surface area contributed by atoms with Gasteiger partial charge in [-0.3, -0.25) is 0 Å². The highest BCUT2D eigenvalue weighted by molar-refractivity contribution is 5.46. The SMILES string of the molecule is CCCCNCc1cc([C@@](Cc2ccccc2)(NCC(O)CC(F)(F)F)c2cc(F)cc(OC(F)(F)C(F)F)c2)ccc1F. The molecule has 0 amide bonds. The van der Waals surface area contributed by atoms with Crippen LogP contribution in [0.5, 0.6) is 5.75 Å². The number of nitrogens with one attached hydrogen (secondary N) is 2. The van der Waals surface area contributed by atoms with E-state index in [9.17, 15) is 44.6 Å². The van der Waals surface area contributed by atoms with Crippen LogP contribution in [-0.2, 0) is 18.5 Å². The largest absolute Gasteiger partial charge is 0.461 e. The zero-order valence-corrected chi connectivity index (χ0v) is 23.7. The fourth-order valence-corrected chi connectivity index (χ4v) is 4.74. The molecule has 0 aliphatic heterocycles. The first-order chi connectivity index (χ1) is 20.6. The van der Waals surface area contributed by atoms with Crippen molar-refractivity contribution in [3.05, 3.63) is 101 Å². The summed E-state index contributed by atoms with van der Waals surface area (Å²) in [6.07, 6.45) is -16.1. The number of aliphatic hydroxyl groups is 1. The van der Waals surface area contributed by atoms with Gasteiger partial charge in [-0.1, -0.05) is 49.7 Å². The zero-order chi connectivity index (χ0) is 32.5. The summed E-state index contributed by atoms with van der Waals surface area (Å²) in [6, 6.07) is 14.2. The van der Waals surface area contributed by atoms with E-state index in [1.165, 1.54) is 12.1 Å². The number of benzene rings is 3. The summed E-state index contributed by atoms with van der Waals surface area (Å²) in [6.45, 7) is 1.84. The molecule has 2 atom stereocenters. The Bertz CT molecular complexity index is 1340. The molecule has 0 aliphatic carbocycles. The molecule has 3 N–H and O–H groups in total. The van der Waals surface area contributed by atoms with Crippen LogP contribution in [-0.4, -0.2) is 43.0 Å². The van der Waals surface area contributed by atoms with Crippen LogP contribution in [0.15, 0.2) is 66.7 Å². The monoisotopic (exact) mass is 636 g/mol. The number of unbranched alkanes of at least 4 members (excludes halogenated alkanes) is 1. The Labute approximate surface area is 249 Å². The summed E-state index contributed by atoms with van der Waals surface area (Å²) >= 11 is 0. The molecule has 0 aliphatic rings. The standard InChI is InChI=1S/C31H33F9N2O2/c1-2-3-11-41-18-21-12-22(9-10-27(21)33)29(16-20-7-5-4-6-8-20,42-19-25(43)17-30(36,37)38)23-13-24(32)15-26(14-23)44-31(39,40)28(34)35/h4-10,12-15,25,28,41-43H,2-3,11,16-19H2,1H3/t25?,29-/m1/s1. The molecule has 0 aromatic heterocycles. The number of rotatable bonds is 16. The lowest BCUT2D eigenvalue weighted by Crippen LogP contribution is -2.49. The minimum atomic E-state index is -4.99. The van der Waals surface area contributed by atoms with Crippen LogP contribution in [0, 0.1) is 11.6 Å². The van der Waals surface area contributed by atoms with Crippen molar-refractivity contribution in [3.8, 4) is 5.75 Å². The van der Waals surface area contributed by atoms with Crippen molar-refractivity contribution in [3.63, 3.8) is 0 Å². The van der Waals surface area contributed by atoms with Crippen molar-refractivity contribution in [1.29, 1.82) is 0 Å². The maximum absolute atomic E-state index is 15.0. The molecular weight excluding hydrogens is 603 g/mol. The summed E-state index contributed by atoms with van der Waals surface area (Å²) in [7, 11) is 0. The first-order valence-electron chi connectivity index (χ1n) is 13.8. The molecule has 3 aromatic carbocycles. The Kier molecular flexibility index (Phi) is 12.1. The fourth-order valence-electron chi connectivity index (χ4n) is 4.74. The third kappa shape index (κ3) is 9.86. The van der Waals surface area contributed by atoms with Gasteiger partial charge in [0, 0.05) is 24.7 Å². The van der Waals surface area contributed by atoms with Gasteiger partial charge in [0.2, 0.25) is 0 Å². The van der Waals surface area contributed by atoms with Crippen LogP contribution in [0.4, 0.5) is 39.5 Å². The molecule has 0 bridgehead atoms. The summed E-state index contributed by atoms with van der Waals surface area (Å²) in [5, 5.41) is 16.2. The molecule has 0 saturated heterocycles. The third-order valence-electron chi connectivity index (χ3n) is 6.85. The summed E-state index contributed by atoms with van der Waals surface area (Å²) < 4.78 is 127. The summed E-state index contributed by atoms with van der Waals surface area (Å²) in [4.78, 5) is 0. The lowest BCUT2D eigenvalue weighted by molar-refractivity contribution is -0.253. The molecule has 0 fully saturated rings. The van der Waals surface area contributed by atoms with Crippen molar-refractivity contribution in [2.45, 2.75) is 69.5 Å². The number of ether oxygens (including phenoxy) is 1. The van der Waals surface area contributed by atoms with Gasteiger partial charge >= 0.3 is 18.7 Å². The molecular formula is C31H33F9N2O2. The van der Waals surface area contributed by atoms with Crippen molar-refractivity contribution < 1.29 is 49.4 Å². The Morgan fingerprint density at radius 3 is 2.23 bits per heavy atom. The van der Waals surface area contributed by atoms with Crippen molar-refractivity contribution >= 4 is 0 Å². The van der Waals surface area contributed by atoms with Gasteiger partial charge in [-0.2, -0.15) is 30.7 Å². The number of hydrogen-bond donors (Lipinski definition) is 3. The fraction of sp³-hybridized carbons (Fsp3) is 0.419. The minimum Gasteiger partial charge on any atom is -0.428 e. The minimum absolute atomic E-state index is 0.0515. The van der Waals surface area contributed by atoms with E-state index in [0.29, 0.717) is 18.2 Å². The maximum Gasteiger partial charge on any atom is 0.461 e. The number of aliphatic hydroxyl groups excluding tert-OH is 1. The molecule has 3 aromatic rings. The molecule has 13 heteroatoms. The lowest BCUT2D eigenvalue weighted by Gasteiger charge is -2.38. The molecule has 4 nitrogen and oxygen atoms in total. The predicted molar refractivity (Wildman–Crippen MR) is 147 cm³/mol.